The van der Waals surface area contributed by atoms with E-state index >= 15 is 0 Å². The number of hydrogen-bond acceptors (Lipinski definition) is 4. The Kier molecular flexibility index (Phi) is 5.80. The van der Waals surface area contributed by atoms with Crippen LogP contribution in [0.15, 0.2) is 24.3 Å². The third-order valence-electron chi connectivity index (χ3n) is 3.46. The third kappa shape index (κ3) is 5.24. The number of carboxylic acids is 1. The molecule has 2 N–H and O–H groups in total. The van der Waals surface area contributed by atoms with Crippen molar-refractivity contribution >= 4 is 27.6 Å². The first-order chi connectivity index (χ1) is 10.4. The number of carbonyl (C=O) groups is 1. The van der Waals surface area contributed by atoms with Gasteiger partial charge in [0.25, 0.3) is 0 Å². The van der Waals surface area contributed by atoms with E-state index < -0.39 is 22.0 Å². The van der Waals surface area contributed by atoms with Gasteiger partial charge in [-0.05, 0) is 36.5 Å². The topological polar surface area (TPSA) is 92.7 Å². The van der Waals surface area contributed by atoms with Crippen LogP contribution in [0.25, 0.3) is 0 Å². The van der Waals surface area contributed by atoms with Crippen molar-refractivity contribution in [2.24, 2.45) is 5.92 Å². The molecule has 1 aromatic rings. The summed E-state index contributed by atoms with van der Waals surface area (Å²) in [5.74, 6) is -1.42. The predicted octanol–water partition coefficient (Wildman–Crippen LogP) is 1.64. The van der Waals surface area contributed by atoms with Crippen LogP contribution in [0, 0.1) is 5.92 Å². The first kappa shape index (κ1) is 17.2. The molecular formula is C14H18ClNO5S. The van der Waals surface area contributed by atoms with Gasteiger partial charge in [-0.3, -0.25) is 4.79 Å². The molecule has 0 bridgehead atoms. The molecule has 2 unspecified atom stereocenters. The van der Waals surface area contributed by atoms with Gasteiger partial charge in [0.05, 0.1) is 5.75 Å². The third-order valence-corrected chi connectivity index (χ3v) is 5.05. The molecule has 1 aliphatic heterocycles. The Hall–Kier alpha value is -1.15. The average molecular weight is 348 g/mol. The van der Waals surface area contributed by atoms with Crippen LogP contribution < -0.4 is 4.72 Å². The summed E-state index contributed by atoms with van der Waals surface area (Å²) in [6.07, 6.45) is 0.976. The summed E-state index contributed by atoms with van der Waals surface area (Å²) >= 11 is 5.82. The van der Waals surface area contributed by atoms with Crippen molar-refractivity contribution in [3.8, 4) is 0 Å². The smallest absolute Gasteiger partial charge is 0.321 e. The van der Waals surface area contributed by atoms with E-state index in [0.29, 0.717) is 23.8 Å². The normalized spacial score (nSPS) is 20.0. The van der Waals surface area contributed by atoms with Crippen LogP contribution in [-0.4, -0.2) is 38.7 Å². The molecule has 0 aromatic heterocycles. The second kappa shape index (κ2) is 7.41. The fourth-order valence-corrected chi connectivity index (χ4v) is 3.95. The van der Waals surface area contributed by atoms with Gasteiger partial charge in [0, 0.05) is 18.2 Å². The maximum Gasteiger partial charge on any atom is 0.321 e. The number of benzene rings is 1. The molecule has 1 saturated heterocycles. The van der Waals surface area contributed by atoms with E-state index in [2.05, 4.69) is 4.72 Å². The highest BCUT2D eigenvalue weighted by molar-refractivity contribution is 7.88. The van der Waals surface area contributed by atoms with Gasteiger partial charge < -0.3 is 9.84 Å². The highest BCUT2D eigenvalue weighted by atomic mass is 35.5. The molecule has 2 atom stereocenters. The lowest BCUT2D eigenvalue weighted by molar-refractivity contribution is -0.139. The number of carboxylic acid groups (broad SMARTS) is 1. The van der Waals surface area contributed by atoms with Gasteiger partial charge in [0.15, 0.2) is 0 Å². The molecule has 1 heterocycles. The predicted molar refractivity (Wildman–Crippen MR) is 82.2 cm³/mol. The molecule has 0 aliphatic carbocycles. The Labute approximate surface area is 134 Å². The van der Waals surface area contributed by atoms with Crippen LogP contribution in [-0.2, 0) is 25.3 Å². The molecule has 1 fully saturated rings. The lowest BCUT2D eigenvalue weighted by Gasteiger charge is -2.17. The summed E-state index contributed by atoms with van der Waals surface area (Å²) in [6.45, 7) is 1.06. The van der Waals surface area contributed by atoms with Crippen LogP contribution in [0.1, 0.15) is 18.4 Å². The molecule has 0 spiro atoms. The summed E-state index contributed by atoms with van der Waals surface area (Å²) in [4.78, 5) is 11.3. The molecule has 1 aliphatic rings. The Morgan fingerprint density at radius 1 is 1.50 bits per heavy atom. The van der Waals surface area contributed by atoms with Crippen LogP contribution >= 0.6 is 11.6 Å². The largest absolute Gasteiger partial charge is 0.480 e. The van der Waals surface area contributed by atoms with Crippen molar-refractivity contribution in [2.75, 3.05) is 13.2 Å². The highest BCUT2D eigenvalue weighted by Gasteiger charge is 2.29. The van der Waals surface area contributed by atoms with E-state index in [1.807, 2.05) is 0 Å². The Bertz CT molecular complexity index is 628. The molecule has 2 rings (SSSR count). The summed E-state index contributed by atoms with van der Waals surface area (Å²) in [7, 11) is -3.77. The minimum atomic E-state index is -3.77. The minimum absolute atomic E-state index is 0.0648. The zero-order chi connectivity index (χ0) is 16.2. The number of halogens is 1. The molecule has 22 heavy (non-hydrogen) atoms. The molecule has 1 aromatic carbocycles. The van der Waals surface area contributed by atoms with Crippen molar-refractivity contribution in [1.29, 1.82) is 0 Å². The molecule has 0 saturated carbocycles. The maximum atomic E-state index is 12.2. The summed E-state index contributed by atoms with van der Waals surface area (Å²) in [5.41, 5.74) is 0.508. The SMILES string of the molecule is O=C(O)C(CC1CCOC1)NS(=O)(=O)Cc1cccc(Cl)c1. The van der Waals surface area contributed by atoms with E-state index in [1.54, 1.807) is 24.3 Å². The van der Waals surface area contributed by atoms with Gasteiger partial charge in [0.2, 0.25) is 10.0 Å². The Morgan fingerprint density at radius 2 is 2.27 bits per heavy atom. The number of aliphatic carboxylic acids is 1. The maximum absolute atomic E-state index is 12.2. The van der Waals surface area contributed by atoms with E-state index in [4.69, 9.17) is 16.3 Å². The van der Waals surface area contributed by atoms with Gasteiger partial charge >= 0.3 is 5.97 Å². The van der Waals surface area contributed by atoms with Gasteiger partial charge in [-0.25, -0.2) is 13.1 Å². The highest BCUT2D eigenvalue weighted by Crippen LogP contribution is 2.19. The lowest BCUT2D eigenvalue weighted by Crippen LogP contribution is -2.42. The van der Waals surface area contributed by atoms with E-state index in [-0.39, 0.29) is 18.1 Å². The van der Waals surface area contributed by atoms with Gasteiger partial charge in [-0.15, -0.1) is 0 Å². The average Bonchev–Trinajstić information content (AvgIpc) is 2.90. The quantitative estimate of drug-likeness (QED) is 0.782. The number of rotatable bonds is 7. The van der Waals surface area contributed by atoms with Crippen molar-refractivity contribution in [3.05, 3.63) is 34.9 Å². The van der Waals surface area contributed by atoms with E-state index in [0.717, 1.165) is 6.42 Å². The van der Waals surface area contributed by atoms with Gasteiger partial charge in [-0.1, -0.05) is 23.7 Å². The zero-order valence-corrected chi connectivity index (χ0v) is 13.4. The van der Waals surface area contributed by atoms with Crippen LogP contribution in [0.3, 0.4) is 0 Å². The first-order valence-electron chi connectivity index (χ1n) is 6.91. The van der Waals surface area contributed by atoms with Crippen molar-refractivity contribution in [2.45, 2.75) is 24.6 Å². The number of nitrogens with one attached hydrogen (secondary N) is 1. The van der Waals surface area contributed by atoms with Crippen LogP contribution in [0.5, 0.6) is 0 Å². The molecule has 0 radical (unpaired) electrons. The van der Waals surface area contributed by atoms with Crippen molar-refractivity contribution in [3.63, 3.8) is 0 Å². The first-order valence-corrected chi connectivity index (χ1v) is 8.94. The lowest BCUT2D eigenvalue weighted by atomic mass is 10.00. The zero-order valence-electron chi connectivity index (χ0n) is 11.9. The van der Waals surface area contributed by atoms with Crippen LogP contribution in [0.4, 0.5) is 0 Å². The summed E-state index contributed by atoms with van der Waals surface area (Å²) < 4.78 is 31.8. The second-order valence-electron chi connectivity index (χ2n) is 5.36. The van der Waals surface area contributed by atoms with Gasteiger partial charge in [-0.2, -0.15) is 0 Å². The molecule has 0 amide bonds. The Morgan fingerprint density at radius 3 is 2.86 bits per heavy atom. The number of sulfonamides is 1. The summed E-state index contributed by atoms with van der Waals surface area (Å²) in [6, 6.07) is 5.33. The van der Waals surface area contributed by atoms with Gasteiger partial charge in [0.1, 0.15) is 6.04 Å². The molecule has 122 valence electrons. The number of hydrogen-bond donors (Lipinski definition) is 2. The Balaban J connectivity index is 2.02. The molecular weight excluding hydrogens is 330 g/mol. The van der Waals surface area contributed by atoms with Crippen molar-refractivity contribution < 1.29 is 23.1 Å². The molecule has 8 heteroatoms. The fraction of sp³-hybridized carbons (Fsp3) is 0.500. The van der Waals surface area contributed by atoms with E-state index in [9.17, 15) is 18.3 Å². The standard InChI is InChI=1S/C14H18ClNO5S/c15-12-3-1-2-11(6-12)9-22(19,20)16-13(14(17)18)7-10-4-5-21-8-10/h1-3,6,10,13,16H,4-5,7-9H2,(H,17,18). The number of ether oxygens (including phenoxy) is 1. The monoisotopic (exact) mass is 347 g/mol. The van der Waals surface area contributed by atoms with E-state index in [1.165, 1.54) is 0 Å². The second-order valence-corrected chi connectivity index (χ2v) is 7.55. The van der Waals surface area contributed by atoms with Crippen LogP contribution in [0.2, 0.25) is 5.02 Å². The van der Waals surface area contributed by atoms with Crippen molar-refractivity contribution in [1.82, 2.24) is 4.72 Å². The fourth-order valence-electron chi connectivity index (χ4n) is 2.41. The minimum Gasteiger partial charge on any atom is -0.480 e. The molecule has 6 nitrogen and oxygen atoms in total. The summed E-state index contributed by atoms with van der Waals surface area (Å²) in [5, 5.41) is 9.65.